The van der Waals surface area contributed by atoms with Gasteiger partial charge in [0, 0.05) is 42.5 Å². The van der Waals surface area contributed by atoms with Crippen LogP contribution in [0.3, 0.4) is 0 Å². The number of carbonyl (C=O) groups excluding carboxylic acids is 3. The number of amides is 3. The first-order valence-corrected chi connectivity index (χ1v) is 12.5. The van der Waals surface area contributed by atoms with E-state index in [2.05, 4.69) is 15.6 Å². The number of nitrogens with one attached hydrogen (secondary N) is 2. The van der Waals surface area contributed by atoms with Crippen LogP contribution in [0, 0.1) is 0 Å². The third kappa shape index (κ3) is 5.58. The number of anilines is 2. The lowest BCUT2D eigenvalue weighted by Gasteiger charge is -2.29. The van der Waals surface area contributed by atoms with E-state index in [1.54, 1.807) is 29.3 Å². The molecule has 2 heterocycles. The molecule has 7 nitrogen and oxygen atoms in total. The van der Waals surface area contributed by atoms with Crippen molar-refractivity contribution in [1.29, 1.82) is 0 Å². The Bertz CT molecular complexity index is 1510. The van der Waals surface area contributed by atoms with E-state index in [0.29, 0.717) is 22.0 Å². The molecular formula is C30H25ClN4O3. The molecule has 0 radical (unpaired) electrons. The van der Waals surface area contributed by atoms with E-state index in [0.717, 1.165) is 22.4 Å². The van der Waals surface area contributed by atoms with Gasteiger partial charge in [-0.25, -0.2) is 0 Å². The van der Waals surface area contributed by atoms with E-state index in [1.165, 1.54) is 6.92 Å². The van der Waals surface area contributed by atoms with Crippen molar-refractivity contribution in [2.75, 3.05) is 10.6 Å². The molecule has 3 amide bonds. The highest BCUT2D eigenvalue weighted by Gasteiger charge is 2.36. The molecule has 8 heteroatoms. The van der Waals surface area contributed by atoms with E-state index >= 15 is 0 Å². The topological polar surface area (TPSA) is 91.4 Å². The standard InChI is InChI=1S/C30H25ClN4O3/c1-19(36)33-24-11-8-21(9-12-24)22-6-4-5-20(15-22)18-35-28(17-25-7-2-3-14-32-25)29(37)34-27-16-23(31)10-13-26(27)30(35)38/h2-16,28H,17-18H2,1H3,(H,33,36)(H,34,37). The maximum Gasteiger partial charge on any atom is 0.256 e. The van der Waals surface area contributed by atoms with Gasteiger partial charge in [0.05, 0.1) is 11.3 Å². The number of nitrogens with zero attached hydrogens (tertiary/aromatic N) is 2. The number of rotatable bonds is 6. The van der Waals surface area contributed by atoms with Crippen LogP contribution in [0.1, 0.15) is 28.5 Å². The second kappa shape index (κ2) is 10.9. The van der Waals surface area contributed by atoms with Crippen molar-refractivity contribution in [3.8, 4) is 11.1 Å². The molecule has 0 saturated carbocycles. The summed E-state index contributed by atoms with van der Waals surface area (Å²) in [5.41, 5.74) is 5.00. The normalized spacial score (nSPS) is 14.9. The minimum atomic E-state index is -0.774. The fourth-order valence-electron chi connectivity index (χ4n) is 4.56. The lowest BCUT2D eigenvalue weighted by molar-refractivity contribution is -0.120. The van der Waals surface area contributed by atoms with Crippen LogP contribution in [0.5, 0.6) is 0 Å². The zero-order valence-corrected chi connectivity index (χ0v) is 21.4. The second-order valence-electron chi connectivity index (χ2n) is 9.11. The number of hydrogen-bond donors (Lipinski definition) is 2. The summed E-state index contributed by atoms with van der Waals surface area (Å²) >= 11 is 6.16. The molecule has 4 aromatic rings. The van der Waals surface area contributed by atoms with Crippen LogP contribution in [0.4, 0.5) is 11.4 Å². The molecule has 3 aromatic carbocycles. The minimum Gasteiger partial charge on any atom is -0.326 e. The summed E-state index contributed by atoms with van der Waals surface area (Å²) in [5, 5.41) is 6.09. The summed E-state index contributed by atoms with van der Waals surface area (Å²) in [6.45, 7) is 1.69. The van der Waals surface area contributed by atoms with Crippen molar-refractivity contribution in [1.82, 2.24) is 9.88 Å². The molecule has 38 heavy (non-hydrogen) atoms. The van der Waals surface area contributed by atoms with Crippen LogP contribution < -0.4 is 10.6 Å². The van der Waals surface area contributed by atoms with Crippen LogP contribution in [0.2, 0.25) is 5.02 Å². The van der Waals surface area contributed by atoms with Crippen molar-refractivity contribution in [3.05, 3.63) is 113 Å². The zero-order chi connectivity index (χ0) is 26.6. The number of aromatic nitrogens is 1. The average molecular weight is 525 g/mol. The van der Waals surface area contributed by atoms with Gasteiger partial charge in [0.1, 0.15) is 6.04 Å². The third-order valence-corrected chi connectivity index (χ3v) is 6.59. The number of benzene rings is 3. The van der Waals surface area contributed by atoms with Gasteiger partial charge in [-0.2, -0.15) is 0 Å². The number of fused-ring (bicyclic) bond motifs is 1. The van der Waals surface area contributed by atoms with Crippen LogP contribution in [0.25, 0.3) is 11.1 Å². The quantitative estimate of drug-likeness (QED) is 0.345. The van der Waals surface area contributed by atoms with E-state index in [4.69, 9.17) is 11.6 Å². The summed E-state index contributed by atoms with van der Waals surface area (Å²) in [7, 11) is 0. The van der Waals surface area contributed by atoms with Crippen LogP contribution in [0.15, 0.2) is 91.1 Å². The Morgan fingerprint density at radius 3 is 2.53 bits per heavy atom. The van der Waals surface area contributed by atoms with E-state index < -0.39 is 6.04 Å². The molecule has 1 aromatic heterocycles. The first kappa shape index (κ1) is 25.2. The van der Waals surface area contributed by atoms with Crippen LogP contribution >= 0.6 is 11.6 Å². The summed E-state index contributed by atoms with van der Waals surface area (Å²) in [6, 6.07) is 25.0. The summed E-state index contributed by atoms with van der Waals surface area (Å²) in [4.78, 5) is 44.6. The van der Waals surface area contributed by atoms with Gasteiger partial charge in [-0.1, -0.05) is 48.0 Å². The molecule has 0 spiro atoms. The van der Waals surface area contributed by atoms with Gasteiger partial charge in [-0.05, 0) is 65.2 Å². The van der Waals surface area contributed by atoms with E-state index in [1.807, 2.05) is 66.7 Å². The molecule has 1 aliphatic rings. The molecule has 0 fully saturated rings. The first-order valence-electron chi connectivity index (χ1n) is 12.2. The van der Waals surface area contributed by atoms with Gasteiger partial charge in [-0.3, -0.25) is 19.4 Å². The summed E-state index contributed by atoms with van der Waals surface area (Å²) in [6.07, 6.45) is 1.94. The fourth-order valence-corrected chi connectivity index (χ4v) is 4.73. The lowest BCUT2D eigenvalue weighted by Crippen LogP contribution is -2.46. The Hall–Kier alpha value is -4.49. The number of hydrogen-bond acceptors (Lipinski definition) is 4. The van der Waals surface area contributed by atoms with Crippen molar-refractivity contribution in [2.24, 2.45) is 0 Å². The Labute approximate surface area is 225 Å². The second-order valence-corrected chi connectivity index (χ2v) is 9.55. The zero-order valence-electron chi connectivity index (χ0n) is 20.6. The van der Waals surface area contributed by atoms with Crippen LogP contribution in [-0.2, 0) is 22.6 Å². The minimum absolute atomic E-state index is 0.130. The van der Waals surface area contributed by atoms with Gasteiger partial charge in [0.25, 0.3) is 5.91 Å². The molecule has 1 unspecified atom stereocenters. The largest absolute Gasteiger partial charge is 0.326 e. The van der Waals surface area contributed by atoms with Gasteiger partial charge in [0.15, 0.2) is 0 Å². The highest BCUT2D eigenvalue weighted by atomic mass is 35.5. The first-order chi connectivity index (χ1) is 18.4. The molecule has 0 aliphatic carbocycles. The molecule has 2 N–H and O–H groups in total. The summed E-state index contributed by atoms with van der Waals surface area (Å²) < 4.78 is 0. The fraction of sp³-hybridized carbons (Fsp3) is 0.133. The van der Waals surface area contributed by atoms with E-state index in [9.17, 15) is 14.4 Å². The summed E-state index contributed by atoms with van der Waals surface area (Å²) in [5.74, 6) is -0.689. The molecule has 190 valence electrons. The van der Waals surface area contributed by atoms with Gasteiger partial charge >= 0.3 is 0 Å². The van der Waals surface area contributed by atoms with Gasteiger partial charge in [0.2, 0.25) is 11.8 Å². The average Bonchev–Trinajstić information content (AvgIpc) is 2.99. The number of halogens is 1. The highest BCUT2D eigenvalue weighted by Crippen LogP contribution is 2.30. The van der Waals surface area contributed by atoms with Crippen molar-refractivity contribution >= 4 is 40.7 Å². The number of pyridine rings is 1. The number of carbonyl (C=O) groups is 3. The van der Waals surface area contributed by atoms with Crippen molar-refractivity contribution in [3.63, 3.8) is 0 Å². The Kier molecular flexibility index (Phi) is 7.20. The molecule has 0 bridgehead atoms. The molecular weight excluding hydrogens is 500 g/mol. The Morgan fingerprint density at radius 1 is 0.974 bits per heavy atom. The van der Waals surface area contributed by atoms with Crippen molar-refractivity contribution < 1.29 is 14.4 Å². The SMILES string of the molecule is CC(=O)Nc1ccc(-c2cccc(CN3C(=O)c4ccc(Cl)cc4NC(=O)C3Cc3ccccn3)c2)cc1. The lowest BCUT2D eigenvalue weighted by atomic mass is 10.0. The third-order valence-electron chi connectivity index (χ3n) is 6.36. The predicted octanol–water partition coefficient (Wildman–Crippen LogP) is 5.57. The molecule has 1 aliphatic heterocycles. The highest BCUT2D eigenvalue weighted by molar-refractivity contribution is 6.31. The smallest absolute Gasteiger partial charge is 0.256 e. The molecule has 5 rings (SSSR count). The van der Waals surface area contributed by atoms with E-state index in [-0.39, 0.29) is 30.7 Å². The van der Waals surface area contributed by atoms with Crippen molar-refractivity contribution in [2.45, 2.75) is 25.9 Å². The monoisotopic (exact) mass is 524 g/mol. The van der Waals surface area contributed by atoms with Gasteiger partial charge in [-0.15, -0.1) is 0 Å². The molecule has 0 saturated heterocycles. The molecule has 1 atom stereocenters. The maximum absolute atomic E-state index is 13.8. The maximum atomic E-state index is 13.8. The Morgan fingerprint density at radius 2 is 1.79 bits per heavy atom. The van der Waals surface area contributed by atoms with Gasteiger partial charge < -0.3 is 15.5 Å². The Balaban J connectivity index is 1.48. The predicted molar refractivity (Wildman–Crippen MR) is 148 cm³/mol. The van der Waals surface area contributed by atoms with Crippen LogP contribution in [-0.4, -0.2) is 33.6 Å².